The zero-order valence-electron chi connectivity index (χ0n) is 7.77. The Morgan fingerprint density at radius 1 is 1.60 bits per heavy atom. The van der Waals surface area contributed by atoms with Crippen molar-refractivity contribution >= 4 is 43.9 Å². The quantitative estimate of drug-likeness (QED) is 0.827. The second-order valence-electron chi connectivity index (χ2n) is 2.51. The number of ether oxygens (including phenoxy) is 1. The lowest BCUT2D eigenvalue weighted by Gasteiger charge is -2.01. The van der Waals surface area contributed by atoms with Crippen molar-refractivity contribution in [3.05, 3.63) is 10.2 Å². The zero-order valence-corrected chi connectivity index (χ0v) is 10.2. The lowest BCUT2D eigenvalue weighted by molar-refractivity contribution is 0.0596. The first-order chi connectivity index (χ1) is 6.83. The molecule has 1 rings (SSSR count). The molecule has 1 N–H and O–H groups in total. The van der Waals surface area contributed by atoms with Gasteiger partial charge in [-0.15, -0.1) is 0 Å². The Balaban J connectivity index is 3.12. The first-order valence-corrected chi connectivity index (χ1v) is 6.64. The van der Waals surface area contributed by atoms with Gasteiger partial charge >= 0.3 is 5.97 Å². The third-order valence-corrected chi connectivity index (χ3v) is 3.04. The van der Waals surface area contributed by atoms with Crippen LogP contribution in [0, 0.1) is 0 Å². The van der Waals surface area contributed by atoms with Crippen LogP contribution in [0.4, 0.5) is 5.00 Å². The van der Waals surface area contributed by atoms with Gasteiger partial charge in [0.15, 0.2) is 10.2 Å². The topological polar surface area (TPSA) is 85.4 Å². The summed E-state index contributed by atoms with van der Waals surface area (Å²) in [6.07, 6.45) is 0.960. The first-order valence-electron chi connectivity index (χ1n) is 3.56. The van der Waals surface area contributed by atoms with Gasteiger partial charge in [0.1, 0.15) is 5.00 Å². The number of carbonyl (C=O) groups excluding carboxylic acids is 1. The molecule has 1 heterocycles. The van der Waals surface area contributed by atoms with Crippen molar-refractivity contribution in [2.45, 2.75) is 0 Å². The summed E-state index contributed by atoms with van der Waals surface area (Å²) in [5.41, 5.74) is -0.141. The molecule has 9 heteroatoms. The van der Waals surface area contributed by atoms with Gasteiger partial charge < -0.3 is 4.74 Å². The summed E-state index contributed by atoms with van der Waals surface area (Å²) in [5.74, 6) is -0.746. The number of thiazole rings is 1. The summed E-state index contributed by atoms with van der Waals surface area (Å²) in [4.78, 5) is 14.8. The summed E-state index contributed by atoms with van der Waals surface area (Å²) in [6.45, 7) is 0. The molecular formula is C6H7ClN2O4S2. The van der Waals surface area contributed by atoms with Crippen molar-refractivity contribution in [1.82, 2.24) is 4.98 Å². The number of sulfonamides is 1. The van der Waals surface area contributed by atoms with Gasteiger partial charge in [0.2, 0.25) is 10.0 Å². The van der Waals surface area contributed by atoms with Gasteiger partial charge in [-0.25, -0.2) is 18.2 Å². The van der Waals surface area contributed by atoms with E-state index in [1.54, 1.807) is 0 Å². The molecule has 0 amide bonds. The largest absolute Gasteiger partial charge is 0.464 e. The van der Waals surface area contributed by atoms with Crippen LogP contribution in [-0.2, 0) is 14.8 Å². The average Bonchev–Trinajstić information content (AvgIpc) is 2.42. The number of nitrogens with zero attached hydrogens (tertiary/aromatic N) is 1. The molecule has 6 nitrogen and oxygen atoms in total. The molecule has 0 spiro atoms. The summed E-state index contributed by atoms with van der Waals surface area (Å²) in [7, 11) is -2.31. The highest BCUT2D eigenvalue weighted by molar-refractivity contribution is 7.92. The molecule has 0 aliphatic rings. The molecule has 0 aliphatic carbocycles. The predicted molar refractivity (Wildman–Crippen MR) is 56.9 cm³/mol. The van der Waals surface area contributed by atoms with Crippen LogP contribution in [0.3, 0.4) is 0 Å². The number of methoxy groups -OCH3 is 1. The number of anilines is 1. The van der Waals surface area contributed by atoms with Gasteiger partial charge in [0.25, 0.3) is 0 Å². The molecule has 1 aromatic rings. The molecule has 0 saturated heterocycles. The minimum Gasteiger partial charge on any atom is -0.464 e. The summed E-state index contributed by atoms with van der Waals surface area (Å²) >= 11 is 6.41. The van der Waals surface area contributed by atoms with Crippen LogP contribution >= 0.6 is 22.9 Å². The number of aromatic nitrogens is 1. The van der Waals surface area contributed by atoms with Gasteiger partial charge in [-0.1, -0.05) is 22.9 Å². The maximum absolute atomic E-state index is 11.2. The van der Waals surface area contributed by atoms with Gasteiger partial charge in [-0.3, -0.25) is 4.72 Å². The molecular weight excluding hydrogens is 264 g/mol. The van der Waals surface area contributed by atoms with Crippen LogP contribution in [0.2, 0.25) is 4.47 Å². The van der Waals surface area contributed by atoms with Gasteiger partial charge in [-0.2, -0.15) is 0 Å². The van der Waals surface area contributed by atoms with E-state index < -0.39 is 16.0 Å². The van der Waals surface area contributed by atoms with Crippen LogP contribution in [0.25, 0.3) is 0 Å². The molecule has 0 atom stereocenters. The Bertz CT molecular complexity index is 481. The van der Waals surface area contributed by atoms with Crippen LogP contribution in [0.15, 0.2) is 0 Å². The molecule has 0 aliphatic heterocycles. The normalized spacial score (nSPS) is 11.1. The number of carbonyl (C=O) groups is 1. The molecule has 15 heavy (non-hydrogen) atoms. The van der Waals surface area contributed by atoms with E-state index in [-0.39, 0.29) is 15.2 Å². The maximum Gasteiger partial charge on any atom is 0.359 e. The Morgan fingerprint density at radius 3 is 2.67 bits per heavy atom. The zero-order chi connectivity index (χ0) is 11.6. The number of hydrogen-bond acceptors (Lipinski definition) is 6. The Kier molecular flexibility index (Phi) is 3.53. The van der Waals surface area contributed by atoms with E-state index in [1.165, 1.54) is 7.11 Å². The third kappa shape index (κ3) is 3.33. The van der Waals surface area contributed by atoms with E-state index in [4.69, 9.17) is 11.6 Å². The summed E-state index contributed by atoms with van der Waals surface area (Å²) in [5, 5.41) is 0.0503. The van der Waals surface area contributed by atoms with Crippen LogP contribution < -0.4 is 4.72 Å². The number of rotatable bonds is 3. The number of nitrogens with one attached hydrogen (secondary N) is 1. The number of halogens is 1. The highest BCUT2D eigenvalue weighted by atomic mass is 35.5. The second kappa shape index (κ2) is 4.33. The van der Waals surface area contributed by atoms with Crippen LogP contribution in [-0.4, -0.2) is 32.7 Å². The van der Waals surface area contributed by atoms with Gasteiger partial charge in [-0.05, 0) is 0 Å². The minimum absolute atomic E-state index is 0.0503. The molecule has 0 fully saturated rings. The Hall–Kier alpha value is -0.860. The van der Waals surface area contributed by atoms with Crippen molar-refractivity contribution in [1.29, 1.82) is 0 Å². The standard InChI is InChI=1S/C6H7ClN2O4S2/c1-13-5(10)3-4(9-15(2,11)12)14-6(7)8-3/h9H,1-2H3. The maximum atomic E-state index is 11.2. The molecule has 0 radical (unpaired) electrons. The van der Waals surface area contributed by atoms with E-state index in [0.717, 1.165) is 17.6 Å². The van der Waals surface area contributed by atoms with E-state index in [2.05, 4.69) is 14.4 Å². The molecule has 84 valence electrons. The minimum atomic E-state index is -3.47. The Labute approximate surface area is 95.3 Å². The molecule has 0 aromatic carbocycles. The SMILES string of the molecule is COC(=O)c1nc(Cl)sc1NS(C)(=O)=O. The smallest absolute Gasteiger partial charge is 0.359 e. The molecule has 1 aromatic heterocycles. The third-order valence-electron chi connectivity index (χ3n) is 1.26. The van der Waals surface area contributed by atoms with E-state index >= 15 is 0 Å². The summed E-state index contributed by atoms with van der Waals surface area (Å²) in [6, 6.07) is 0. The van der Waals surface area contributed by atoms with Gasteiger partial charge in [0, 0.05) is 0 Å². The van der Waals surface area contributed by atoms with Crippen LogP contribution in [0.1, 0.15) is 10.5 Å². The molecule has 0 unspecified atom stereocenters. The number of esters is 1. The fraction of sp³-hybridized carbons (Fsp3) is 0.333. The second-order valence-corrected chi connectivity index (χ2v) is 5.84. The van der Waals surface area contributed by atoms with Crippen molar-refractivity contribution in [3.8, 4) is 0 Å². The Morgan fingerprint density at radius 2 is 2.20 bits per heavy atom. The highest BCUT2D eigenvalue weighted by Gasteiger charge is 2.20. The highest BCUT2D eigenvalue weighted by Crippen LogP contribution is 2.29. The van der Waals surface area contributed by atoms with E-state index in [1.807, 2.05) is 0 Å². The lowest BCUT2D eigenvalue weighted by atomic mass is 10.5. The average molecular weight is 271 g/mol. The van der Waals surface area contributed by atoms with Crippen molar-refractivity contribution in [2.75, 3.05) is 18.1 Å². The van der Waals surface area contributed by atoms with Gasteiger partial charge in [0.05, 0.1) is 13.4 Å². The molecule has 0 bridgehead atoms. The van der Waals surface area contributed by atoms with Crippen molar-refractivity contribution in [2.24, 2.45) is 0 Å². The van der Waals surface area contributed by atoms with E-state index in [9.17, 15) is 13.2 Å². The predicted octanol–water partition coefficient (Wildman–Crippen LogP) is 0.955. The fourth-order valence-electron chi connectivity index (χ4n) is 0.767. The number of hydrogen-bond donors (Lipinski definition) is 1. The summed E-state index contributed by atoms with van der Waals surface area (Å²) < 4.78 is 28.5. The van der Waals surface area contributed by atoms with Crippen LogP contribution in [0.5, 0.6) is 0 Å². The lowest BCUT2D eigenvalue weighted by Crippen LogP contribution is -2.12. The fourth-order valence-corrected chi connectivity index (χ4v) is 2.67. The van der Waals surface area contributed by atoms with E-state index in [0.29, 0.717) is 0 Å². The van der Waals surface area contributed by atoms with Crippen molar-refractivity contribution in [3.63, 3.8) is 0 Å². The van der Waals surface area contributed by atoms with Crippen molar-refractivity contribution < 1.29 is 17.9 Å². The first kappa shape index (κ1) is 12.2. The molecule has 0 saturated carbocycles. The monoisotopic (exact) mass is 270 g/mol.